The molecule has 0 N–H and O–H groups in total. The molecule has 0 saturated heterocycles. The summed E-state index contributed by atoms with van der Waals surface area (Å²) < 4.78 is 10.8. The third kappa shape index (κ3) is 4.95. The van der Waals surface area contributed by atoms with Crippen molar-refractivity contribution in [1.29, 1.82) is 5.26 Å². The zero-order valence-electron chi connectivity index (χ0n) is 14.4. The lowest BCUT2D eigenvalue weighted by molar-refractivity contribution is 0.0746. The first-order valence-corrected chi connectivity index (χ1v) is 8.05. The lowest BCUT2D eigenvalue weighted by atomic mass is 10.1. The van der Waals surface area contributed by atoms with Crippen LogP contribution in [0, 0.1) is 11.3 Å². The number of amides is 1. The quantitative estimate of drug-likeness (QED) is 0.739. The molecule has 0 saturated carbocycles. The molecule has 0 spiro atoms. The van der Waals surface area contributed by atoms with Gasteiger partial charge in [-0.05, 0) is 36.8 Å². The van der Waals surface area contributed by atoms with Crippen molar-refractivity contribution in [2.24, 2.45) is 0 Å². The molecule has 0 fully saturated rings. The van der Waals surface area contributed by atoms with E-state index in [1.807, 2.05) is 19.1 Å². The maximum Gasteiger partial charge on any atom is 0.254 e. The zero-order chi connectivity index (χ0) is 18.1. The topological polar surface area (TPSA) is 75.5 Å². The molecule has 0 bridgehead atoms. The maximum atomic E-state index is 12.9. The minimum Gasteiger partial charge on any atom is -0.493 e. The van der Waals surface area contributed by atoms with Gasteiger partial charge in [0.15, 0.2) is 11.5 Å². The Bertz CT molecular complexity index is 741. The molecule has 2 aromatic rings. The number of nitriles is 1. The molecule has 1 aromatic heterocycles. The van der Waals surface area contributed by atoms with Gasteiger partial charge in [-0.2, -0.15) is 5.26 Å². The monoisotopic (exact) mass is 339 g/mol. The van der Waals surface area contributed by atoms with E-state index in [1.165, 1.54) is 7.11 Å². The first-order chi connectivity index (χ1) is 12.2. The van der Waals surface area contributed by atoms with Crippen LogP contribution >= 0.6 is 0 Å². The number of pyridine rings is 1. The van der Waals surface area contributed by atoms with Crippen molar-refractivity contribution < 1.29 is 14.3 Å². The van der Waals surface area contributed by atoms with Crippen LogP contribution in [0.25, 0.3) is 0 Å². The van der Waals surface area contributed by atoms with E-state index >= 15 is 0 Å². The third-order valence-electron chi connectivity index (χ3n) is 3.59. The Hall–Kier alpha value is -3.07. The lowest BCUT2D eigenvalue weighted by Gasteiger charge is -2.22. The summed E-state index contributed by atoms with van der Waals surface area (Å²) in [6, 6.07) is 10.9. The van der Waals surface area contributed by atoms with E-state index in [4.69, 9.17) is 14.7 Å². The first kappa shape index (κ1) is 18.3. The summed E-state index contributed by atoms with van der Waals surface area (Å²) >= 11 is 0. The average molecular weight is 339 g/mol. The molecule has 6 nitrogen and oxygen atoms in total. The molecule has 0 aliphatic rings. The molecule has 6 heteroatoms. The number of aromatic nitrogens is 1. The molecular formula is C19H21N3O3. The van der Waals surface area contributed by atoms with Gasteiger partial charge in [0.25, 0.3) is 5.91 Å². The molecule has 0 radical (unpaired) electrons. The Kier molecular flexibility index (Phi) is 6.78. The summed E-state index contributed by atoms with van der Waals surface area (Å²) in [6.45, 7) is 3.14. The predicted octanol–water partition coefficient (Wildman–Crippen LogP) is 3.04. The highest BCUT2D eigenvalue weighted by Gasteiger charge is 2.18. The average Bonchev–Trinajstić information content (AvgIpc) is 2.66. The highest BCUT2D eigenvalue weighted by atomic mass is 16.5. The summed E-state index contributed by atoms with van der Waals surface area (Å²) in [6.07, 6.45) is 3.66. The van der Waals surface area contributed by atoms with Gasteiger partial charge in [0.2, 0.25) is 0 Å². The second-order valence-electron chi connectivity index (χ2n) is 5.29. The van der Waals surface area contributed by atoms with Crippen LogP contribution in [-0.4, -0.2) is 36.1 Å². The van der Waals surface area contributed by atoms with E-state index in [1.54, 1.807) is 35.5 Å². The van der Waals surface area contributed by atoms with Gasteiger partial charge in [-0.3, -0.25) is 9.78 Å². The highest BCUT2D eigenvalue weighted by Crippen LogP contribution is 2.28. The molecule has 0 aliphatic carbocycles. The molecule has 1 aromatic carbocycles. The molecule has 2 rings (SSSR count). The van der Waals surface area contributed by atoms with Crippen LogP contribution in [0.15, 0.2) is 42.7 Å². The van der Waals surface area contributed by atoms with Crippen molar-refractivity contribution in [2.75, 3.05) is 20.3 Å². The van der Waals surface area contributed by atoms with Gasteiger partial charge in [0, 0.05) is 31.0 Å². The molecule has 130 valence electrons. The Morgan fingerprint density at radius 1 is 1.32 bits per heavy atom. The largest absolute Gasteiger partial charge is 0.493 e. The second-order valence-corrected chi connectivity index (χ2v) is 5.29. The van der Waals surface area contributed by atoms with Gasteiger partial charge in [0.1, 0.15) is 0 Å². The van der Waals surface area contributed by atoms with Crippen LogP contribution in [0.3, 0.4) is 0 Å². The van der Waals surface area contributed by atoms with Crippen molar-refractivity contribution in [2.45, 2.75) is 19.9 Å². The number of hydrogen-bond acceptors (Lipinski definition) is 5. The Balaban J connectivity index is 2.24. The minimum absolute atomic E-state index is 0.166. The molecule has 0 atom stereocenters. The van der Waals surface area contributed by atoms with E-state index in [0.717, 1.165) is 5.56 Å². The van der Waals surface area contributed by atoms with Gasteiger partial charge in [0.05, 0.1) is 26.2 Å². The molecular weight excluding hydrogens is 318 g/mol. The van der Waals surface area contributed by atoms with E-state index in [-0.39, 0.29) is 12.3 Å². The standard InChI is InChI=1S/C19H21N3O3/c1-3-25-17-8-7-16(12-18(17)24-2)19(23)22(11-5-9-20)14-15-6-4-10-21-13-15/h4,6-8,10,12-13H,3,5,11,14H2,1-2H3. The fourth-order valence-corrected chi connectivity index (χ4v) is 2.41. The second kappa shape index (κ2) is 9.28. The van der Waals surface area contributed by atoms with Crippen LogP contribution < -0.4 is 9.47 Å². The molecule has 0 aliphatic heterocycles. The zero-order valence-corrected chi connectivity index (χ0v) is 14.4. The Morgan fingerprint density at radius 2 is 2.16 bits per heavy atom. The minimum atomic E-state index is -0.166. The van der Waals surface area contributed by atoms with E-state index in [0.29, 0.717) is 36.8 Å². The summed E-state index contributed by atoms with van der Waals surface area (Å²) in [5.41, 5.74) is 1.40. The molecule has 1 amide bonds. The fourth-order valence-electron chi connectivity index (χ4n) is 2.41. The van der Waals surface area contributed by atoms with Crippen molar-refractivity contribution >= 4 is 5.91 Å². The summed E-state index contributed by atoms with van der Waals surface area (Å²) in [4.78, 5) is 18.6. The number of carbonyl (C=O) groups is 1. The number of carbonyl (C=O) groups excluding carboxylic acids is 1. The third-order valence-corrected chi connectivity index (χ3v) is 3.59. The molecule has 25 heavy (non-hydrogen) atoms. The van der Waals surface area contributed by atoms with E-state index in [9.17, 15) is 4.79 Å². The summed E-state index contributed by atoms with van der Waals surface area (Å²) in [7, 11) is 1.54. The van der Waals surface area contributed by atoms with Crippen molar-refractivity contribution in [3.63, 3.8) is 0 Å². The number of methoxy groups -OCH3 is 1. The normalized spacial score (nSPS) is 9.96. The number of benzene rings is 1. The Labute approximate surface area is 147 Å². The van der Waals surface area contributed by atoms with E-state index < -0.39 is 0 Å². The molecule has 1 heterocycles. The number of nitrogens with zero attached hydrogens (tertiary/aromatic N) is 3. The number of hydrogen-bond donors (Lipinski definition) is 0. The summed E-state index contributed by atoms with van der Waals surface area (Å²) in [5, 5.41) is 8.87. The van der Waals surface area contributed by atoms with Crippen LogP contribution in [0.4, 0.5) is 0 Å². The van der Waals surface area contributed by atoms with Gasteiger partial charge < -0.3 is 14.4 Å². The van der Waals surface area contributed by atoms with E-state index in [2.05, 4.69) is 11.1 Å². The van der Waals surface area contributed by atoms with Crippen molar-refractivity contribution in [1.82, 2.24) is 9.88 Å². The number of rotatable bonds is 8. The van der Waals surface area contributed by atoms with Crippen LogP contribution in [0.1, 0.15) is 29.3 Å². The molecule has 0 unspecified atom stereocenters. The lowest BCUT2D eigenvalue weighted by Crippen LogP contribution is -2.31. The summed E-state index contributed by atoms with van der Waals surface area (Å²) in [5.74, 6) is 0.937. The van der Waals surface area contributed by atoms with Crippen molar-refractivity contribution in [3.05, 3.63) is 53.9 Å². The van der Waals surface area contributed by atoms with Crippen molar-refractivity contribution in [3.8, 4) is 17.6 Å². The van der Waals surface area contributed by atoms with Crippen LogP contribution in [0.2, 0.25) is 0 Å². The maximum absolute atomic E-state index is 12.9. The number of ether oxygens (including phenoxy) is 2. The fraction of sp³-hybridized carbons (Fsp3) is 0.316. The van der Waals surface area contributed by atoms with Crippen LogP contribution in [-0.2, 0) is 6.54 Å². The smallest absolute Gasteiger partial charge is 0.254 e. The van der Waals surface area contributed by atoms with Gasteiger partial charge in [-0.1, -0.05) is 6.07 Å². The highest BCUT2D eigenvalue weighted by molar-refractivity contribution is 5.95. The van der Waals surface area contributed by atoms with Gasteiger partial charge in [-0.15, -0.1) is 0 Å². The SMILES string of the molecule is CCOc1ccc(C(=O)N(CCC#N)Cc2cccnc2)cc1OC. The van der Waals surface area contributed by atoms with Crippen LogP contribution in [0.5, 0.6) is 11.5 Å². The Morgan fingerprint density at radius 3 is 2.80 bits per heavy atom. The first-order valence-electron chi connectivity index (χ1n) is 8.05. The van der Waals surface area contributed by atoms with Gasteiger partial charge >= 0.3 is 0 Å². The predicted molar refractivity (Wildman–Crippen MR) is 93.4 cm³/mol. The van der Waals surface area contributed by atoms with Gasteiger partial charge in [-0.25, -0.2) is 0 Å².